The number of halogens is 1. The number of pyridine rings is 1. The van der Waals surface area contributed by atoms with Crippen LogP contribution in [0, 0.1) is 0 Å². The molecule has 0 radical (unpaired) electrons. The molecule has 0 aliphatic rings. The van der Waals surface area contributed by atoms with Gasteiger partial charge < -0.3 is 5.32 Å². The number of benzene rings is 3. The molecule has 0 spiro atoms. The van der Waals surface area contributed by atoms with Crippen LogP contribution < -0.4 is 5.32 Å². The molecule has 0 saturated carbocycles. The summed E-state index contributed by atoms with van der Waals surface area (Å²) in [6.45, 7) is 0.570. The van der Waals surface area contributed by atoms with Crippen molar-refractivity contribution in [2.24, 2.45) is 0 Å². The molecule has 0 aliphatic carbocycles. The van der Waals surface area contributed by atoms with Crippen molar-refractivity contribution < 1.29 is 4.79 Å². The topological polar surface area (TPSA) is 42.0 Å². The molecule has 1 aromatic heterocycles. The average molecular weight is 387 g/mol. The third kappa shape index (κ3) is 3.90. The molecule has 0 saturated heterocycles. The first-order valence-electron chi connectivity index (χ1n) is 9.19. The summed E-state index contributed by atoms with van der Waals surface area (Å²) in [6, 6.07) is 27.1. The molecule has 0 bridgehead atoms. The van der Waals surface area contributed by atoms with E-state index in [9.17, 15) is 4.79 Å². The Morgan fingerprint density at radius 3 is 2.43 bits per heavy atom. The summed E-state index contributed by atoms with van der Waals surface area (Å²) in [5.41, 5.74) is 4.08. The predicted octanol–water partition coefficient (Wildman–Crippen LogP) is 5.53. The van der Waals surface area contributed by atoms with Crippen LogP contribution in [0.25, 0.3) is 22.2 Å². The third-order valence-electron chi connectivity index (χ3n) is 4.65. The summed E-state index contributed by atoms with van der Waals surface area (Å²) in [5, 5.41) is 4.47. The molecule has 1 N–H and O–H groups in total. The summed E-state index contributed by atoms with van der Waals surface area (Å²) in [6.07, 6.45) is 0.785. The first-order valence-corrected chi connectivity index (χ1v) is 9.57. The normalized spacial score (nSPS) is 10.8. The number of nitrogens with zero attached hydrogens (tertiary/aromatic N) is 1. The summed E-state index contributed by atoms with van der Waals surface area (Å²) in [7, 11) is 0. The number of rotatable bonds is 5. The number of aromatic nitrogens is 1. The molecule has 1 heterocycles. The summed E-state index contributed by atoms with van der Waals surface area (Å²) < 4.78 is 0. The van der Waals surface area contributed by atoms with Crippen LogP contribution in [-0.2, 0) is 6.42 Å². The summed E-state index contributed by atoms with van der Waals surface area (Å²) in [4.78, 5) is 17.7. The molecule has 4 heteroatoms. The monoisotopic (exact) mass is 386 g/mol. The molecule has 0 aliphatic heterocycles. The SMILES string of the molecule is O=C(NCCc1ccccc1)c1cc(-c2ccccc2Cl)nc2ccccc12. The molecular weight excluding hydrogens is 368 g/mol. The van der Waals surface area contributed by atoms with Gasteiger partial charge in [-0.25, -0.2) is 4.98 Å². The van der Waals surface area contributed by atoms with Gasteiger partial charge in [-0.2, -0.15) is 0 Å². The zero-order valence-corrected chi connectivity index (χ0v) is 16.0. The van der Waals surface area contributed by atoms with Gasteiger partial charge in [0.25, 0.3) is 5.91 Å². The Kier molecular flexibility index (Phi) is 5.36. The molecular formula is C24H19ClN2O. The van der Waals surface area contributed by atoms with Crippen molar-refractivity contribution >= 4 is 28.4 Å². The van der Waals surface area contributed by atoms with E-state index >= 15 is 0 Å². The summed E-state index contributed by atoms with van der Waals surface area (Å²) >= 11 is 6.35. The standard InChI is InChI=1S/C24H19ClN2O/c25-21-12-6-4-11-19(21)23-16-20(18-10-5-7-13-22(18)27-23)24(28)26-15-14-17-8-2-1-3-9-17/h1-13,16H,14-15H2,(H,26,28). The van der Waals surface area contributed by atoms with Crippen molar-refractivity contribution in [2.45, 2.75) is 6.42 Å². The third-order valence-corrected chi connectivity index (χ3v) is 4.98. The molecule has 0 atom stereocenters. The number of carbonyl (C=O) groups is 1. The molecule has 138 valence electrons. The maximum atomic E-state index is 12.9. The molecule has 0 fully saturated rings. The first-order chi connectivity index (χ1) is 13.7. The van der Waals surface area contributed by atoms with Gasteiger partial charge in [0.05, 0.1) is 16.8 Å². The van der Waals surface area contributed by atoms with Crippen LogP contribution in [0.2, 0.25) is 5.02 Å². The first kappa shape index (κ1) is 18.2. The van der Waals surface area contributed by atoms with Gasteiger partial charge in [-0.1, -0.05) is 78.3 Å². The van der Waals surface area contributed by atoms with Crippen molar-refractivity contribution in [1.29, 1.82) is 0 Å². The van der Waals surface area contributed by atoms with E-state index in [-0.39, 0.29) is 5.91 Å². The van der Waals surface area contributed by atoms with Crippen LogP contribution in [0.4, 0.5) is 0 Å². The van der Waals surface area contributed by atoms with Gasteiger partial charge in [0.2, 0.25) is 0 Å². The Morgan fingerprint density at radius 2 is 1.61 bits per heavy atom. The number of hydrogen-bond acceptors (Lipinski definition) is 2. The van der Waals surface area contributed by atoms with Crippen molar-refractivity contribution in [3.8, 4) is 11.3 Å². The van der Waals surface area contributed by atoms with Crippen LogP contribution in [0.15, 0.2) is 84.9 Å². The average Bonchev–Trinajstić information content (AvgIpc) is 2.74. The number of amides is 1. The molecule has 3 nitrogen and oxygen atoms in total. The zero-order chi connectivity index (χ0) is 19.3. The van der Waals surface area contributed by atoms with Crippen molar-refractivity contribution in [3.05, 3.63) is 101 Å². The molecule has 28 heavy (non-hydrogen) atoms. The highest BCUT2D eigenvalue weighted by Gasteiger charge is 2.14. The number of hydrogen-bond donors (Lipinski definition) is 1. The Hall–Kier alpha value is -3.17. The van der Waals surface area contributed by atoms with Gasteiger partial charge in [0, 0.05) is 22.5 Å². The minimum absolute atomic E-state index is 0.108. The smallest absolute Gasteiger partial charge is 0.252 e. The van der Waals surface area contributed by atoms with Crippen LogP contribution in [0.1, 0.15) is 15.9 Å². The van der Waals surface area contributed by atoms with Crippen molar-refractivity contribution in [3.63, 3.8) is 0 Å². The molecule has 0 unspecified atom stereocenters. The molecule has 3 aromatic carbocycles. The van der Waals surface area contributed by atoms with Gasteiger partial charge in [-0.05, 0) is 30.2 Å². The van der Waals surface area contributed by atoms with Crippen LogP contribution in [0.5, 0.6) is 0 Å². The van der Waals surface area contributed by atoms with E-state index in [2.05, 4.69) is 17.4 Å². The second-order valence-corrected chi connectivity index (χ2v) is 6.95. The van der Waals surface area contributed by atoms with E-state index in [1.807, 2.05) is 72.8 Å². The van der Waals surface area contributed by atoms with E-state index in [4.69, 9.17) is 16.6 Å². The van der Waals surface area contributed by atoms with E-state index < -0.39 is 0 Å². The van der Waals surface area contributed by atoms with Crippen LogP contribution in [0.3, 0.4) is 0 Å². The number of carbonyl (C=O) groups excluding carboxylic acids is 1. The maximum Gasteiger partial charge on any atom is 0.252 e. The fourth-order valence-corrected chi connectivity index (χ4v) is 3.46. The largest absolute Gasteiger partial charge is 0.352 e. The van der Waals surface area contributed by atoms with Gasteiger partial charge in [-0.15, -0.1) is 0 Å². The quantitative estimate of drug-likeness (QED) is 0.490. The lowest BCUT2D eigenvalue weighted by atomic mass is 10.0. The Bertz CT molecular complexity index is 1130. The number of fused-ring (bicyclic) bond motifs is 1. The fraction of sp³-hybridized carbons (Fsp3) is 0.0833. The van der Waals surface area contributed by atoms with Gasteiger partial charge in [0.1, 0.15) is 0 Å². The highest BCUT2D eigenvalue weighted by molar-refractivity contribution is 6.33. The van der Waals surface area contributed by atoms with Crippen LogP contribution >= 0.6 is 11.6 Å². The van der Waals surface area contributed by atoms with Gasteiger partial charge in [0.15, 0.2) is 0 Å². The molecule has 4 aromatic rings. The molecule has 4 rings (SSSR count). The second-order valence-electron chi connectivity index (χ2n) is 6.54. The second kappa shape index (κ2) is 8.24. The van der Waals surface area contributed by atoms with E-state index in [1.54, 1.807) is 0 Å². The minimum atomic E-state index is -0.108. The van der Waals surface area contributed by atoms with E-state index in [1.165, 1.54) is 5.56 Å². The zero-order valence-electron chi connectivity index (χ0n) is 15.2. The van der Waals surface area contributed by atoms with Crippen molar-refractivity contribution in [2.75, 3.05) is 6.54 Å². The van der Waals surface area contributed by atoms with E-state index in [0.717, 1.165) is 22.9 Å². The van der Waals surface area contributed by atoms with Crippen molar-refractivity contribution in [1.82, 2.24) is 10.3 Å². The van der Waals surface area contributed by atoms with Crippen LogP contribution in [-0.4, -0.2) is 17.4 Å². The summed E-state index contributed by atoms with van der Waals surface area (Å²) in [5.74, 6) is -0.108. The maximum absolute atomic E-state index is 12.9. The van der Waals surface area contributed by atoms with Gasteiger partial charge in [-0.3, -0.25) is 4.79 Å². The highest BCUT2D eigenvalue weighted by atomic mass is 35.5. The number of nitrogens with one attached hydrogen (secondary N) is 1. The fourth-order valence-electron chi connectivity index (χ4n) is 3.23. The van der Waals surface area contributed by atoms with Gasteiger partial charge >= 0.3 is 0 Å². The Balaban J connectivity index is 1.65. The lowest BCUT2D eigenvalue weighted by Gasteiger charge is -2.11. The highest BCUT2D eigenvalue weighted by Crippen LogP contribution is 2.29. The Morgan fingerprint density at radius 1 is 0.893 bits per heavy atom. The van der Waals surface area contributed by atoms with E-state index in [0.29, 0.717) is 22.8 Å². The minimum Gasteiger partial charge on any atom is -0.352 e. The lowest BCUT2D eigenvalue weighted by Crippen LogP contribution is -2.26. The number of para-hydroxylation sites is 1. The lowest BCUT2D eigenvalue weighted by molar-refractivity contribution is 0.0956. The Labute approximate surface area is 169 Å². The molecule has 1 amide bonds. The predicted molar refractivity (Wildman–Crippen MR) is 115 cm³/mol.